The number of rotatable bonds is 2. The molecule has 0 aromatic rings. The molecule has 0 saturated heterocycles. The number of hydrogen-bond donors (Lipinski definition) is 1. The Bertz CT molecular complexity index is 700. The van der Waals surface area contributed by atoms with Crippen LogP contribution in [0.5, 0.6) is 0 Å². The summed E-state index contributed by atoms with van der Waals surface area (Å²) in [5, 5.41) is 0. The Kier molecular flexibility index (Phi) is 5.63. The van der Waals surface area contributed by atoms with Gasteiger partial charge in [0.15, 0.2) is 0 Å². The van der Waals surface area contributed by atoms with Crippen molar-refractivity contribution in [3.05, 3.63) is 11.1 Å². The first-order chi connectivity index (χ1) is 11.3. The summed E-state index contributed by atoms with van der Waals surface area (Å²) < 4.78 is 35.7. The van der Waals surface area contributed by atoms with Gasteiger partial charge in [0.2, 0.25) is 0 Å². The van der Waals surface area contributed by atoms with Crippen LogP contribution < -0.4 is 0 Å². The molecule has 0 aromatic heterocycles. The fourth-order valence-corrected chi connectivity index (χ4v) is 6.71. The molecule has 7 heteroatoms. The third kappa shape index (κ3) is 3.55. The summed E-state index contributed by atoms with van der Waals surface area (Å²) in [6.07, 6.45) is 7.71. The number of Topliss-reactive ketones (excluding diaryl/α,β-unsaturated/α-hetero) is 1. The van der Waals surface area contributed by atoms with Crippen LogP contribution in [0.15, 0.2) is 11.1 Å². The summed E-state index contributed by atoms with van der Waals surface area (Å²) >= 11 is 0. The maximum Gasteiger partial charge on any atom is 0.397 e. The van der Waals surface area contributed by atoms with Gasteiger partial charge in [-0.25, -0.2) is 4.18 Å². The Morgan fingerprint density at radius 2 is 1.88 bits per heavy atom. The number of allylic oxidation sites excluding steroid dienone is 1. The average Bonchev–Trinajstić information content (AvgIpc) is 2.81. The van der Waals surface area contributed by atoms with E-state index in [1.807, 2.05) is 0 Å². The topological polar surface area (TPSA) is 80.7 Å². The Hall–Kier alpha value is 0.280. The zero-order valence-electron chi connectivity index (χ0n) is 15.2. The van der Waals surface area contributed by atoms with Crippen molar-refractivity contribution in [2.75, 3.05) is 0 Å². The second-order valence-corrected chi connectivity index (χ2v) is 9.40. The smallest absolute Gasteiger partial charge is 0.299 e. The molecule has 0 amide bonds. The van der Waals surface area contributed by atoms with Gasteiger partial charge in [0.1, 0.15) is 5.78 Å². The predicted octanol–water partition coefficient (Wildman–Crippen LogP) is 3.08. The zero-order valence-corrected chi connectivity index (χ0v) is 18.0. The largest absolute Gasteiger partial charge is 0.397 e. The first kappa shape index (κ1) is 20.0. The summed E-state index contributed by atoms with van der Waals surface area (Å²) in [6.45, 7) is 2.18. The maximum absolute atomic E-state index is 12.4. The Morgan fingerprint density at radius 3 is 2.60 bits per heavy atom. The number of ketones is 1. The van der Waals surface area contributed by atoms with Crippen molar-refractivity contribution in [1.29, 1.82) is 0 Å². The Labute approximate surface area is 172 Å². The van der Waals surface area contributed by atoms with E-state index in [0.717, 1.165) is 44.9 Å². The Balaban J connectivity index is 0.00000182. The molecule has 135 valence electrons. The minimum absolute atomic E-state index is 0. The van der Waals surface area contributed by atoms with Crippen molar-refractivity contribution in [1.82, 2.24) is 0 Å². The molecule has 5 atom stereocenters. The third-order valence-corrected chi connectivity index (χ3v) is 7.81. The molecule has 2 fully saturated rings. The minimum atomic E-state index is -4.37. The minimum Gasteiger partial charge on any atom is -0.299 e. The van der Waals surface area contributed by atoms with Crippen LogP contribution in [-0.2, 0) is 19.4 Å². The quantitative estimate of drug-likeness (QED) is 0.454. The standard InChI is InChI=1S/C18H26O5S.Na/c1-18-9-8-14-13-5-3-12(23-24(20,21)22)10-11(13)2-4-15(14)16(18)6-7-17(18)19;/h12,14-16H,2-10H2,1H3,(H,20,21,22);/t12-,14+,15+,16-,18-;/m0./s1. The van der Waals surface area contributed by atoms with Gasteiger partial charge in [-0.05, 0) is 69.1 Å². The van der Waals surface area contributed by atoms with E-state index in [4.69, 9.17) is 8.74 Å². The van der Waals surface area contributed by atoms with Gasteiger partial charge in [-0.2, -0.15) is 8.42 Å². The number of fused-ring (bicyclic) bond motifs is 4. The van der Waals surface area contributed by atoms with Gasteiger partial charge in [-0.3, -0.25) is 9.35 Å². The summed E-state index contributed by atoms with van der Waals surface area (Å²) in [4.78, 5) is 12.4. The van der Waals surface area contributed by atoms with Crippen molar-refractivity contribution in [2.45, 2.75) is 70.8 Å². The van der Waals surface area contributed by atoms with E-state index < -0.39 is 16.5 Å². The van der Waals surface area contributed by atoms with Gasteiger partial charge in [0.25, 0.3) is 0 Å². The molecular formula is C18H26NaO5S. The van der Waals surface area contributed by atoms with Gasteiger partial charge in [0, 0.05) is 41.4 Å². The Morgan fingerprint density at radius 1 is 1.12 bits per heavy atom. The zero-order chi connectivity index (χ0) is 17.1. The van der Waals surface area contributed by atoms with E-state index in [2.05, 4.69) is 6.92 Å². The van der Waals surface area contributed by atoms with Crippen LogP contribution in [0, 0.1) is 23.2 Å². The van der Waals surface area contributed by atoms with Crippen LogP contribution in [0.3, 0.4) is 0 Å². The van der Waals surface area contributed by atoms with E-state index >= 15 is 0 Å². The van der Waals surface area contributed by atoms with Gasteiger partial charge < -0.3 is 0 Å². The van der Waals surface area contributed by atoms with E-state index in [-0.39, 0.29) is 35.0 Å². The second-order valence-electron chi connectivity index (χ2n) is 8.35. The molecule has 25 heavy (non-hydrogen) atoms. The summed E-state index contributed by atoms with van der Waals surface area (Å²) in [5.74, 6) is 2.19. The second kappa shape index (κ2) is 7.02. The van der Waals surface area contributed by atoms with Crippen LogP contribution >= 0.6 is 0 Å². The third-order valence-electron chi connectivity index (χ3n) is 7.29. The van der Waals surface area contributed by atoms with Crippen LogP contribution in [-0.4, -0.2) is 54.4 Å². The van der Waals surface area contributed by atoms with Crippen molar-refractivity contribution in [2.24, 2.45) is 23.2 Å². The SMILES string of the molecule is C[C@]12CC[C@@H]3C4=C(CC[C@H]3[C@@H]1CCC2=O)C[C@@H](OS(=O)(=O)O)CC4.[Na]. The molecule has 1 N–H and O–H groups in total. The van der Waals surface area contributed by atoms with Gasteiger partial charge in [-0.15, -0.1) is 0 Å². The number of carbonyl (C=O) groups excluding carboxylic acids is 1. The molecule has 0 unspecified atom stereocenters. The summed E-state index contributed by atoms with van der Waals surface area (Å²) in [7, 11) is -4.37. The van der Waals surface area contributed by atoms with E-state index in [1.165, 1.54) is 11.1 Å². The van der Waals surface area contributed by atoms with Gasteiger partial charge in [-0.1, -0.05) is 18.1 Å². The molecule has 0 aliphatic heterocycles. The molecular weight excluding hydrogens is 351 g/mol. The molecule has 2 saturated carbocycles. The molecule has 1 radical (unpaired) electrons. The fraction of sp³-hybridized carbons (Fsp3) is 0.833. The van der Waals surface area contributed by atoms with Gasteiger partial charge in [0.05, 0.1) is 6.10 Å². The van der Waals surface area contributed by atoms with Gasteiger partial charge >= 0.3 is 10.4 Å². The molecule has 0 heterocycles. The van der Waals surface area contributed by atoms with Crippen LogP contribution in [0.25, 0.3) is 0 Å². The van der Waals surface area contributed by atoms with Crippen molar-refractivity contribution in [3.63, 3.8) is 0 Å². The van der Waals surface area contributed by atoms with Crippen LogP contribution in [0.1, 0.15) is 64.7 Å². The van der Waals surface area contributed by atoms with E-state index in [0.29, 0.717) is 36.4 Å². The normalized spacial score (nSPS) is 40.8. The molecule has 4 aliphatic rings. The monoisotopic (exact) mass is 377 g/mol. The van der Waals surface area contributed by atoms with Crippen LogP contribution in [0.2, 0.25) is 0 Å². The first-order valence-corrected chi connectivity index (χ1v) is 10.5. The molecule has 0 spiro atoms. The number of carbonyl (C=O) groups is 1. The van der Waals surface area contributed by atoms with E-state index in [1.54, 1.807) is 0 Å². The molecule has 4 aliphatic carbocycles. The molecule has 0 bridgehead atoms. The maximum atomic E-state index is 12.4. The first-order valence-electron chi connectivity index (χ1n) is 9.18. The van der Waals surface area contributed by atoms with Crippen molar-refractivity contribution < 1.29 is 21.9 Å². The summed E-state index contributed by atoms with van der Waals surface area (Å²) in [6, 6.07) is 0. The number of hydrogen-bond acceptors (Lipinski definition) is 4. The molecule has 5 nitrogen and oxygen atoms in total. The van der Waals surface area contributed by atoms with Crippen molar-refractivity contribution >= 4 is 45.7 Å². The van der Waals surface area contributed by atoms with E-state index in [9.17, 15) is 13.2 Å². The molecule has 4 rings (SSSR count). The van der Waals surface area contributed by atoms with Crippen molar-refractivity contribution in [3.8, 4) is 0 Å². The summed E-state index contributed by atoms with van der Waals surface area (Å²) in [5.41, 5.74) is 2.77. The molecule has 0 aromatic carbocycles. The van der Waals surface area contributed by atoms with Crippen LogP contribution in [0.4, 0.5) is 0 Å². The average molecular weight is 377 g/mol. The predicted molar refractivity (Wildman–Crippen MR) is 94.3 cm³/mol. The fourth-order valence-electron chi connectivity index (χ4n) is 6.20.